The Kier molecular flexibility index (Phi) is 3.96. The van der Waals surface area contributed by atoms with Crippen LogP contribution in [0.4, 0.5) is 0 Å². The summed E-state index contributed by atoms with van der Waals surface area (Å²) < 4.78 is 24.0. The van der Waals surface area contributed by atoms with Crippen LogP contribution in [0.2, 0.25) is 5.02 Å². The predicted molar refractivity (Wildman–Crippen MR) is 64.7 cm³/mol. The van der Waals surface area contributed by atoms with Crippen LogP contribution >= 0.6 is 11.6 Å². The molecule has 0 bridgehead atoms. The first-order valence-electron chi connectivity index (χ1n) is 5.49. The molecule has 0 aliphatic carbocycles. The van der Waals surface area contributed by atoms with Gasteiger partial charge in [0.25, 0.3) is 0 Å². The Morgan fingerprint density at radius 2 is 2.12 bits per heavy atom. The first-order chi connectivity index (χ1) is 8.08. The molecule has 1 fully saturated rings. The van der Waals surface area contributed by atoms with Crippen LogP contribution < -0.4 is 5.32 Å². The molecule has 1 atom stereocenters. The Morgan fingerprint density at radius 1 is 1.41 bits per heavy atom. The number of nitrogens with zero attached hydrogens (tertiary/aromatic N) is 2. The van der Waals surface area contributed by atoms with Gasteiger partial charge in [0.15, 0.2) is 0 Å². The SMILES string of the molecule is O=S(=O)(C[C@H]1CCCNC1)c1ncc(Cl)cn1. The lowest BCUT2D eigenvalue weighted by Crippen LogP contribution is -2.34. The Hall–Kier alpha value is -0.720. The Morgan fingerprint density at radius 3 is 2.71 bits per heavy atom. The molecular formula is C10H14ClN3O2S. The van der Waals surface area contributed by atoms with Crippen molar-refractivity contribution in [1.82, 2.24) is 15.3 Å². The van der Waals surface area contributed by atoms with Gasteiger partial charge in [0.05, 0.1) is 23.2 Å². The number of hydrogen-bond donors (Lipinski definition) is 1. The van der Waals surface area contributed by atoms with Crippen LogP contribution in [0.25, 0.3) is 0 Å². The Balaban J connectivity index is 2.10. The molecule has 17 heavy (non-hydrogen) atoms. The zero-order valence-electron chi connectivity index (χ0n) is 9.26. The molecule has 2 heterocycles. The smallest absolute Gasteiger partial charge is 0.247 e. The zero-order valence-corrected chi connectivity index (χ0v) is 10.8. The average Bonchev–Trinajstić information content (AvgIpc) is 2.30. The highest BCUT2D eigenvalue weighted by Gasteiger charge is 2.24. The Labute approximate surface area is 106 Å². The number of halogens is 1. The molecule has 0 saturated carbocycles. The van der Waals surface area contributed by atoms with Gasteiger partial charge < -0.3 is 5.32 Å². The van der Waals surface area contributed by atoms with Crippen molar-refractivity contribution < 1.29 is 8.42 Å². The molecule has 0 unspecified atom stereocenters. The van der Waals surface area contributed by atoms with E-state index in [1.165, 1.54) is 12.4 Å². The second-order valence-corrected chi connectivity index (χ2v) is 6.54. The van der Waals surface area contributed by atoms with E-state index in [0.717, 1.165) is 25.9 Å². The molecule has 1 aliphatic heterocycles. The third-order valence-corrected chi connectivity index (χ3v) is 4.60. The number of rotatable bonds is 3. The predicted octanol–water partition coefficient (Wildman–Crippen LogP) is 0.903. The fourth-order valence-electron chi connectivity index (χ4n) is 1.91. The maximum atomic E-state index is 12.0. The van der Waals surface area contributed by atoms with E-state index in [9.17, 15) is 8.42 Å². The molecule has 1 saturated heterocycles. The van der Waals surface area contributed by atoms with Gasteiger partial charge in [0, 0.05) is 0 Å². The van der Waals surface area contributed by atoms with Crippen molar-refractivity contribution in [1.29, 1.82) is 0 Å². The number of sulfone groups is 1. The van der Waals surface area contributed by atoms with Crippen molar-refractivity contribution in [3.8, 4) is 0 Å². The minimum Gasteiger partial charge on any atom is -0.316 e. The Bertz CT molecular complexity index is 469. The first-order valence-corrected chi connectivity index (χ1v) is 7.52. The highest BCUT2D eigenvalue weighted by molar-refractivity contribution is 7.91. The van der Waals surface area contributed by atoms with Crippen molar-refractivity contribution in [3.63, 3.8) is 0 Å². The lowest BCUT2D eigenvalue weighted by Gasteiger charge is -2.21. The summed E-state index contributed by atoms with van der Waals surface area (Å²) in [6, 6.07) is 0. The fraction of sp³-hybridized carbons (Fsp3) is 0.600. The van der Waals surface area contributed by atoms with Gasteiger partial charge in [-0.2, -0.15) is 0 Å². The lowest BCUT2D eigenvalue weighted by molar-refractivity contribution is 0.403. The van der Waals surface area contributed by atoms with Crippen molar-refractivity contribution in [3.05, 3.63) is 17.4 Å². The molecule has 1 aromatic rings. The quantitative estimate of drug-likeness (QED) is 0.830. The molecule has 0 spiro atoms. The molecule has 1 aliphatic rings. The second-order valence-electron chi connectivity index (χ2n) is 4.18. The largest absolute Gasteiger partial charge is 0.316 e. The third kappa shape index (κ3) is 3.37. The molecular weight excluding hydrogens is 262 g/mol. The summed E-state index contributed by atoms with van der Waals surface area (Å²) in [5.41, 5.74) is 0. The summed E-state index contributed by atoms with van der Waals surface area (Å²) in [6.07, 6.45) is 4.56. The van der Waals surface area contributed by atoms with Crippen LogP contribution in [0.15, 0.2) is 17.6 Å². The molecule has 7 heteroatoms. The first kappa shape index (κ1) is 12.7. The van der Waals surface area contributed by atoms with Crippen LogP contribution in [0.1, 0.15) is 12.8 Å². The van der Waals surface area contributed by atoms with E-state index in [1.807, 2.05) is 0 Å². The van der Waals surface area contributed by atoms with Crippen molar-refractivity contribution >= 4 is 21.4 Å². The lowest BCUT2D eigenvalue weighted by atomic mass is 10.0. The zero-order chi connectivity index (χ0) is 12.3. The number of hydrogen-bond acceptors (Lipinski definition) is 5. The van der Waals surface area contributed by atoms with E-state index in [4.69, 9.17) is 11.6 Å². The molecule has 5 nitrogen and oxygen atoms in total. The van der Waals surface area contributed by atoms with E-state index in [2.05, 4.69) is 15.3 Å². The van der Waals surface area contributed by atoms with E-state index in [0.29, 0.717) is 5.02 Å². The summed E-state index contributed by atoms with van der Waals surface area (Å²) in [4.78, 5) is 7.53. The third-order valence-electron chi connectivity index (χ3n) is 2.73. The molecule has 2 rings (SSSR count). The molecule has 94 valence electrons. The van der Waals surface area contributed by atoms with E-state index in [-0.39, 0.29) is 16.8 Å². The number of piperidine rings is 1. The summed E-state index contributed by atoms with van der Waals surface area (Å²) >= 11 is 5.62. The van der Waals surface area contributed by atoms with Gasteiger partial charge >= 0.3 is 0 Å². The maximum absolute atomic E-state index is 12.0. The van der Waals surface area contributed by atoms with Gasteiger partial charge in [0.2, 0.25) is 15.0 Å². The van der Waals surface area contributed by atoms with Crippen molar-refractivity contribution in [2.75, 3.05) is 18.8 Å². The highest BCUT2D eigenvalue weighted by Crippen LogP contribution is 2.16. The van der Waals surface area contributed by atoms with E-state index >= 15 is 0 Å². The molecule has 0 amide bonds. The van der Waals surface area contributed by atoms with Gasteiger partial charge in [0.1, 0.15) is 0 Å². The maximum Gasteiger partial charge on any atom is 0.247 e. The van der Waals surface area contributed by atoms with Gasteiger partial charge in [-0.25, -0.2) is 18.4 Å². The normalized spacial score (nSPS) is 21.4. The van der Waals surface area contributed by atoms with Gasteiger partial charge in [-0.15, -0.1) is 0 Å². The number of nitrogens with one attached hydrogen (secondary N) is 1. The van der Waals surface area contributed by atoms with Crippen LogP contribution in [-0.4, -0.2) is 37.2 Å². The van der Waals surface area contributed by atoms with Gasteiger partial charge in [-0.05, 0) is 31.8 Å². The molecule has 0 aromatic carbocycles. The summed E-state index contributed by atoms with van der Waals surface area (Å²) in [6.45, 7) is 1.71. The molecule has 1 N–H and O–H groups in total. The standard InChI is InChI=1S/C10H14ClN3O2S/c11-9-5-13-10(14-6-9)17(15,16)7-8-2-1-3-12-4-8/h5-6,8,12H,1-4,7H2/t8-/m0/s1. The monoisotopic (exact) mass is 275 g/mol. The van der Waals surface area contributed by atoms with Crippen LogP contribution in [0, 0.1) is 5.92 Å². The van der Waals surface area contributed by atoms with Gasteiger partial charge in [-0.1, -0.05) is 11.6 Å². The topological polar surface area (TPSA) is 72.0 Å². The summed E-state index contributed by atoms with van der Waals surface area (Å²) in [5, 5.41) is 3.40. The minimum absolute atomic E-state index is 0.0988. The average molecular weight is 276 g/mol. The highest BCUT2D eigenvalue weighted by atomic mass is 35.5. The van der Waals surface area contributed by atoms with Crippen LogP contribution in [0.5, 0.6) is 0 Å². The number of aromatic nitrogens is 2. The fourth-order valence-corrected chi connectivity index (χ4v) is 3.49. The van der Waals surface area contributed by atoms with Crippen molar-refractivity contribution in [2.45, 2.75) is 18.0 Å². The molecule has 0 radical (unpaired) electrons. The van der Waals surface area contributed by atoms with E-state index in [1.54, 1.807) is 0 Å². The van der Waals surface area contributed by atoms with E-state index < -0.39 is 9.84 Å². The van der Waals surface area contributed by atoms with Gasteiger partial charge in [-0.3, -0.25) is 0 Å². The summed E-state index contributed by atoms with van der Waals surface area (Å²) in [5.74, 6) is 0.245. The second kappa shape index (κ2) is 5.29. The van der Waals surface area contributed by atoms with Crippen molar-refractivity contribution in [2.24, 2.45) is 5.92 Å². The molecule has 1 aromatic heterocycles. The minimum atomic E-state index is -3.40. The van der Waals surface area contributed by atoms with Crippen LogP contribution in [-0.2, 0) is 9.84 Å². The van der Waals surface area contributed by atoms with Crippen LogP contribution in [0.3, 0.4) is 0 Å². The summed E-state index contributed by atoms with van der Waals surface area (Å²) in [7, 11) is -3.40.